The van der Waals surface area contributed by atoms with Crippen LogP contribution in [0.5, 0.6) is 0 Å². The van der Waals surface area contributed by atoms with Gasteiger partial charge < -0.3 is 5.32 Å². The molecule has 7 nitrogen and oxygen atoms in total. The maximum absolute atomic E-state index is 13.0. The van der Waals surface area contributed by atoms with Crippen LogP contribution in [0.3, 0.4) is 0 Å². The molecule has 0 bridgehead atoms. The molecule has 3 heterocycles. The molecule has 1 aromatic heterocycles. The van der Waals surface area contributed by atoms with Crippen molar-refractivity contribution in [2.45, 2.75) is 43.7 Å². The Balaban J connectivity index is 1.50. The van der Waals surface area contributed by atoms with E-state index in [2.05, 4.69) is 22.1 Å². The van der Waals surface area contributed by atoms with Crippen molar-refractivity contribution in [3.8, 4) is 0 Å². The summed E-state index contributed by atoms with van der Waals surface area (Å²) in [5, 5.41) is 3.44. The van der Waals surface area contributed by atoms with E-state index in [9.17, 15) is 13.2 Å². The molecular formula is C19H24N4O3S2. The first kappa shape index (κ1) is 19.5. The van der Waals surface area contributed by atoms with Gasteiger partial charge in [-0.1, -0.05) is 25.1 Å². The maximum Gasteiger partial charge on any atom is 0.244 e. The topological polar surface area (TPSA) is 82.6 Å². The maximum atomic E-state index is 13.0. The number of aromatic nitrogens is 1. The number of nitrogens with zero attached hydrogens (tertiary/aromatic N) is 3. The third kappa shape index (κ3) is 3.71. The summed E-state index contributed by atoms with van der Waals surface area (Å²) in [5.74, 6) is -0.296. The van der Waals surface area contributed by atoms with Crippen molar-refractivity contribution < 1.29 is 13.2 Å². The summed E-state index contributed by atoms with van der Waals surface area (Å²) in [6, 6.07) is 7.60. The van der Waals surface area contributed by atoms with Crippen LogP contribution in [0.2, 0.25) is 0 Å². The minimum atomic E-state index is -3.69. The number of carbonyl (C=O) groups excluding carboxylic acids is 1. The molecule has 28 heavy (non-hydrogen) atoms. The minimum absolute atomic E-state index is 0.221. The second-order valence-electron chi connectivity index (χ2n) is 7.08. The number of hydrogen-bond donors (Lipinski definition) is 1. The van der Waals surface area contributed by atoms with Gasteiger partial charge in [-0.2, -0.15) is 4.31 Å². The first-order chi connectivity index (χ1) is 13.5. The van der Waals surface area contributed by atoms with Crippen LogP contribution < -0.4 is 5.32 Å². The molecule has 2 aromatic rings. The monoisotopic (exact) mass is 420 g/mol. The predicted octanol–water partition coefficient (Wildman–Crippen LogP) is 2.31. The van der Waals surface area contributed by atoms with E-state index < -0.39 is 16.1 Å². The highest BCUT2D eigenvalue weighted by Crippen LogP contribution is 2.30. The van der Waals surface area contributed by atoms with Gasteiger partial charge in [-0.05, 0) is 31.5 Å². The van der Waals surface area contributed by atoms with Gasteiger partial charge in [-0.15, -0.1) is 11.3 Å². The Labute approximate surface area is 169 Å². The summed E-state index contributed by atoms with van der Waals surface area (Å²) in [6.45, 7) is 5.32. The SMILES string of the molecule is CCN1CCc2nc(NC(=O)C3CCCN3S(=O)(=O)c3ccccc3)sc2C1. The number of benzene rings is 1. The third-order valence-corrected chi connectivity index (χ3v) is 8.26. The van der Waals surface area contributed by atoms with Gasteiger partial charge in [0.05, 0.1) is 10.6 Å². The predicted molar refractivity (Wildman–Crippen MR) is 109 cm³/mol. The molecule has 0 radical (unpaired) electrons. The van der Waals surface area contributed by atoms with Crippen molar-refractivity contribution in [2.75, 3.05) is 25.0 Å². The molecule has 4 rings (SSSR count). The molecule has 9 heteroatoms. The fraction of sp³-hybridized carbons (Fsp3) is 0.474. The quantitative estimate of drug-likeness (QED) is 0.803. The van der Waals surface area contributed by atoms with E-state index in [0.29, 0.717) is 24.5 Å². The van der Waals surface area contributed by atoms with Crippen LogP contribution in [0.25, 0.3) is 0 Å². The van der Waals surface area contributed by atoms with Crippen LogP contribution in [0.1, 0.15) is 30.3 Å². The first-order valence-electron chi connectivity index (χ1n) is 9.57. The van der Waals surface area contributed by atoms with Gasteiger partial charge in [-0.25, -0.2) is 13.4 Å². The molecule has 1 aromatic carbocycles. The first-order valence-corrected chi connectivity index (χ1v) is 11.8. The molecular weight excluding hydrogens is 396 g/mol. The van der Waals surface area contributed by atoms with Gasteiger partial charge in [0.25, 0.3) is 0 Å². The van der Waals surface area contributed by atoms with Crippen LogP contribution in [-0.2, 0) is 27.8 Å². The minimum Gasteiger partial charge on any atom is -0.301 e. The summed E-state index contributed by atoms with van der Waals surface area (Å²) in [7, 11) is -3.69. The molecule has 1 unspecified atom stereocenters. The molecule has 2 aliphatic heterocycles. The number of fused-ring (bicyclic) bond motifs is 1. The van der Waals surface area contributed by atoms with Crippen LogP contribution >= 0.6 is 11.3 Å². The summed E-state index contributed by atoms with van der Waals surface area (Å²) >= 11 is 1.49. The van der Waals surface area contributed by atoms with E-state index in [-0.39, 0.29) is 10.8 Å². The Morgan fingerprint density at radius 1 is 1.29 bits per heavy atom. The van der Waals surface area contributed by atoms with E-state index in [4.69, 9.17) is 0 Å². The number of likely N-dealkylation sites (N-methyl/N-ethyl adjacent to an activating group) is 1. The molecule has 1 N–H and O–H groups in total. The standard InChI is InChI=1S/C19H24N4O3S2/c1-2-22-12-10-15-17(13-22)27-19(20-15)21-18(24)16-9-6-11-23(16)28(25,26)14-7-4-3-5-8-14/h3-5,7-8,16H,2,6,9-13H2,1H3,(H,20,21,24). The number of amides is 1. The number of rotatable bonds is 5. The summed E-state index contributed by atoms with van der Waals surface area (Å²) in [4.78, 5) is 21.2. The molecule has 150 valence electrons. The number of hydrogen-bond acceptors (Lipinski definition) is 6. The van der Waals surface area contributed by atoms with E-state index in [1.807, 2.05) is 0 Å². The zero-order chi connectivity index (χ0) is 19.7. The Morgan fingerprint density at radius 2 is 2.07 bits per heavy atom. The average molecular weight is 421 g/mol. The Bertz CT molecular complexity index is 959. The second-order valence-corrected chi connectivity index (χ2v) is 10.1. The van der Waals surface area contributed by atoms with E-state index in [0.717, 1.165) is 31.7 Å². The normalized spacial score (nSPS) is 20.8. The van der Waals surface area contributed by atoms with Crippen LogP contribution in [0.15, 0.2) is 35.2 Å². The summed E-state index contributed by atoms with van der Waals surface area (Å²) in [6.07, 6.45) is 2.07. The summed E-state index contributed by atoms with van der Waals surface area (Å²) in [5.41, 5.74) is 1.05. The number of carbonyl (C=O) groups is 1. The lowest BCUT2D eigenvalue weighted by atomic mass is 10.2. The zero-order valence-corrected chi connectivity index (χ0v) is 17.4. The van der Waals surface area contributed by atoms with Crippen molar-refractivity contribution in [1.29, 1.82) is 0 Å². The fourth-order valence-electron chi connectivity index (χ4n) is 3.78. The average Bonchev–Trinajstić information content (AvgIpc) is 3.35. The highest BCUT2D eigenvalue weighted by atomic mass is 32.2. The summed E-state index contributed by atoms with van der Waals surface area (Å²) < 4.78 is 27.2. The lowest BCUT2D eigenvalue weighted by molar-refractivity contribution is -0.119. The lowest BCUT2D eigenvalue weighted by Crippen LogP contribution is -2.43. The molecule has 0 aliphatic carbocycles. The second kappa shape index (κ2) is 7.90. The number of nitrogens with one attached hydrogen (secondary N) is 1. The molecule has 1 atom stereocenters. The Morgan fingerprint density at radius 3 is 2.82 bits per heavy atom. The van der Waals surface area contributed by atoms with Gasteiger partial charge in [-0.3, -0.25) is 9.69 Å². The fourth-order valence-corrected chi connectivity index (χ4v) is 6.51. The van der Waals surface area contributed by atoms with Gasteiger partial charge >= 0.3 is 0 Å². The van der Waals surface area contributed by atoms with E-state index >= 15 is 0 Å². The highest BCUT2D eigenvalue weighted by molar-refractivity contribution is 7.89. The third-order valence-electron chi connectivity index (χ3n) is 5.34. The lowest BCUT2D eigenvalue weighted by Gasteiger charge is -2.23. The zero-order valence-electron chi connectivity index (χ0n) is 15.8. The van der Waals surface area contributed by atoms with Crippen LogP contribution in [-0.4, -0.2) is 54.2 Å². The Kier molecular flexibility index (Phi) is 5.50. The van der Waals surface area contributed by atoms with Gasteiger partial charge in [0, 0.05) is 30.9 Å². The Hall–Kier alpha value is -1.81. The van der Waals surface area contributed by atoms with Crippen molar-refractivity contribution in [3.63, 3.8) is 0 Å². The molecule has 0 saturated carbocycles. The highest BCUT2D eigenvalue weighted by Gasteiger charge is 2.39. The smallest absolute Gasteiger partial charge is 0.244 e. The largest absolute Gasteiger partial charge is 0.301 e. The van der Waals surface area contributed by atoms with Crippen LogP contribution in [0, 0.1) is 0 Å². The van der Waals surface area contributed by atoms with Crippen molar-refractivity contribution in [3.05, 3.63) is 40.9 Å². The van der Waals surface area contributed by atoms with Crippen LogP contribution in [0.4, 0.5) is 5.13 Å². The van der Waals surface area contributed by atoms with Crippen molar-refractivity contribution in [1.82, 2.24) is 14.2 Å². The number of anilines is 1. The van der Waals surface area contributed by atoms with Crippen molar-refractivity contribution in [2.24, 2.45) is 0 Å². The molecule has 1 fully saturated rings. The number of thiazole rings is 1. The number of sulfonamides is 1. The van der Waals surface area contributed by atoms with Gasteiger partial charge in [0.15, 0.2) is 5.13 Å². The molecule has 2 aliphatic rings. The molecule has 1 saturated heterocycles. The molecule has 0 spiro atoms. The van der Waals surface area contributed by atoms with Gasteiger partial charge in [0.2, 0.25) is 15.9 Å². The van der Waals surface area contributed by atoms with Crippen molar-refractivity contribution >= 4 is 32.4 Å². The van der Waals surface area contributed by atoms with E-state index in [1.54, 1.807) is 30.3 Å². The molecule has 1 amide bonds. The van der Waals surface area contributed by atoms with E-state index in [1.165, 1.54) is 20.5 Å². The van der Waals surface area contributed by atoms with Gasteiger partial charge in [0.1, 0.15) is 6.04 Å².